The van der Waals surface area contributed by atoms with E-state index in [9.17, 15) is 8.78 Å². The van der Waals surface area contributed by atoms with Crippen molar-refractivity contribution >= 4 is 11.0 Å². The molecule has 96 valence electrons. The van der Waals surface area contributed by atoms with Crippen LogP contribution in [0.1, 0.15) is 18.7 Å². The first-order valence-electron chi connectivity index (χ1n) is 6.19. The number of halogens is 2. The van der Waals surface area contributed by atoms with Gasteiger partial charge in [-0.1, -0.05) is 0 Å². The highest BCUT2D eigenvalue weighted by molar-refractivity contribution is 5.76. The van der Waals surface area contributed by atoms with Gasteiger partial charge in [0.05, 0.1) is 5.52 Å². The van der Waals surface area contributed by atoms with E-state index in [0.29, 0.717) is 11.6 Å². The van der Waals surface area contributed by atoms with Gasteiger partial charge in [-0.2, -0.15) is 0 Å². The fourth-order valence-corrected chi connectivity index (χ4v) is 2.60. The third kappa shape index (κ3) is 1.88. The van der Waals surface area contributed by atoms with Crippen LogP contribution in [-0.4, -0.2) is 22.1 Å². The summed E-state index contributed by atoms with van der Waals surface area (Å²) in [5, 5.41) is 3.38. The van der Waals surface area contributed by atoms with Crippen molar-refractivity contribution in [3.8, 4) is 0 Å². The van der Waals surface area contributed by atoms with Gasteiger partial charge in [0.2, 0.25) is 0 Å². The molecule has 1 unspecified atom stereocenters. The van der Waals surface area contributed by atoms with Crippen LogP contribution in [0.5, 0.6) is 0 Å². The minimum atomic E-state index is -0.591. The quantitative estimate of drug-likeness (QED) is 0.886. The average molecular weight is 251 g/mol. The summed E-state index contributed by atoms with van der Waals surface area (Å²) in [5.41, 5.74) is 0.771. The zero-order chi connectivity index (χ0) is 12.7. The van der Waals surface area contributed by atoms with Crippen molar-refractivity contribution in [3.05, 3.63) is 29.6 Å². The van der Waals surface area contributed by atoms with Crippen LogP contribution in [0.25, 0.3) is 11.0 Å². The van der Waals surface area contributed by atoms with Crippen molar-refractivity contribution in [1.82, 2.24) is 14.9 Å². The molecular formula is C13H15F2N3. The zero-order valence-corrected chi connectivity index (χ0v) is 10.2. The van der Waals surface area contributed by atoms with Gasteiger partial charge in [-0.25, -0.2) is 13.8 Å². The molecule has 1 aliphatic rings. The lowest BCUT2D eigenvalue weighted by atomic mass is 10.1. The molecule has 0 radical (unpaired) electrons. The average Bonchev–Trinajstić information content (AvgIpc) is 2.91. The van der Waals surface area contributed by atoms with Crippen LogP contribution in [0.3, 0.4) is 0 Å². The second kappa shape index (κ2) is 4.31. The molecule has 3 nitrogen and oxygen atoms in total. The molecule has 1 aromatic carbocycles. The minimum Gasteiger partial charge on any atom is -0.331 e. The minimum absolute atomic E-state index is 0.256. The molecule has 1 atom stereocenters. The highest BCUT2D eigenvalue weighted by Gasteiger charge is 2.19. The normalized spacial score (nSPS) is 19.8. The molecule has 2 heterocycles. The number of aromatic nitrogens is 2. The van der Waals surface area contributed by atoms with Crippen LogP contribution in [0.15, 0.2) is 12.1 Å². The number of fused-ring (bicyclic) bond motifs is 1. The van der Waals surface area contributed by atoms with Crippen LogP contribution in [0, 0.1) is 11.6 Å². The summed E-state index contributed by atoms with van der Waals surface area (Å²) in [5.74, 6) is -0.353. The Morgan fingerprint density at radius 2 is 2.28 bits per heavy atom. The molecule has 0 spiro atoms. The van der Waals surface area contributed by atoms with E-state index >= 15 is 0 Å². The molecule has 1 aliphatic heterocycles. The molecule has 3 rings (SSSR count). The van der Waals surface area contributed by atoms with Crippen LogP contribution < -0.4 is 5.32 Å². The molecule has 1 fully saturated rings. The Morgan fingerprint density at radius 3 is 3.00 bits per heavy atom. The lowest BCUT2D eigenvalue weighted by Crippen LogP contribution is -2.25. The number of hydrogen-bond acceptors (Lipinski definition) is 2. The van der Waals surface area contributed by atoms with Gasteiger partial charge in [0.15, 0.2) is 5.82 Å². The number of nitrogens with zero attached hydrogens (tertiary/aromatic N) is 2. The monoisotopic (exact) mass is 251 g/mol. The van der Waals surface area contributed by atoms with E-state index in [1.807, 2.05) is 0 Å². The van der Waals surface area contributed by atoms with Gasteiger partial charge in [0, 0.05) is 25.6 Å². The van der Waals surface area contributed by atoms with Gasteiger partial charge in [-0.3, -0.25) is 0 Å². The summed E-state index contributed by atoms with van der Waals surface area (Å²) in [6.07, 6.45) is 3.03. The van der Waals surface area contributed by atoms with Crippen molar-refractivity contribution in [2.75, 3.05) is 6.54 Å². The van der Waals surface area contributed by atoms with Crippen molar-refractivity contribution in [1.29, 1.82) is 0 Å². The first-order chi connectivity index (χ1) is 8.65. The maximum absolute atomic E-state index is 13.6. The smallest absolute Gasteiger partial charge is 0.153 e. The molecule has 1 aromatic heterocycles. The first-order valence-corrected chi connectivity index (χ1v) is 6.19. The summed E-state index contributed by atoms with van der Waals surface area (Å²) >= 11 is 0. The summed E-state index contributed by atoms with van der Waals surface area (Å²) < 4.78 is 28.6. The Hall–Kier alpha value is -1.49. The van der Waals surface area contributed by atoms with Gasteiger partial charge in [-0.15, -0.1) is 0 Å². The molecule has 0 bridgehead atoms. The fourth-order valence-electron chi connectivity index (χ4n) is 2.60. The number of hydrogen-bond donors (Lipinski definition) is 1. The Morgan fingerprint density at radius 1 is 1.44 bits per heavy atom. The lowest BCUT2D eigenvalue weighted by molar-refractivity contribution is 0.575. The second-order valence-corrected chi connectivity index (χ2v) is 4.84. The van der Waals surface area contributed by atoms with Crippen LogP contribution in [-0.2, 0) is 13.5 Å². The molecule has 2 aromatic rings. The summed E-state index contributed by atoms with van der Waals surface area (Å²) in [6, 6.07) is 2.61. The molecule has 1 saturated heterocycles. The van der Waals surface area contributed by atoms with Crippen LogP contribution in [0.2, 0.25) is 0 Å². The van der Waals surface area contributed by atoms with E-state index in [0.717, 1.165) is 37.7 Å². The third-order valence-electron chi connectivity index (χ3n) is 3.59. The Labute approximate surface area is 104 Å². The van der Waals surface area contributed by atoms with E-state index < -0.39 is 11.6 Å². The number of nitrogens with one attached hydrogen (secondary N) is 1. The van der Waals surface area contributed by atoms with Gasteiger partial charge in [0.1, 0.15) is 17.2 Å². The molecule has 1 N–H and O–H groups in total. The fraction of sp³-hybridized carbons (Fsp3) is 0.462. The Kier molecular flexibility index (Phi) is 2.78. The maximum Gasteiger partial charge on any atom is 0.153 e. The van der Waals surface area contributed by atoms with Crippen molar-refractivity contribution in [2.24, 2.45) is 7.05 Å². The predicted molar refractivity (Wildman–Crippen MR) is 65.4 cm³/mol. The number of imidazole rings is 1. The molecule has 0 saturated carbocycles. The van der Waals surface area contributed by atoms with Gasteiger partial charge >= 0.3 is 0 Å². The van der Waals surface area contributed by atoms with Gasteiger partial charge < -0.3 is 9.88 Å². The molecule has 18 heavy (non-hydrogen) atoms. The molecule has 5 heteroatoms. The number of aryl methyl sites for hydroxylation is 1. The van der Waals surface area contributed by atoms with Crippen molar-refractivity contribution < 1.29 is 8.78 Å². The van der Waals surface area contributed by atoms with Crippen LogP contribution >= 0.6 is 0 Å². The largest absolute Gasteiger partial charge is 0.331 e. The topological polar surface area (TPSA) is 29.9 Å². The second-order valence-electron chi connectivity index (χ2n) is 4.84. The zero-order valence-electron chi connectivity index (χ0n) is 10.2. The van der Waals surface area contributed by atoms with E-state index in [1.54, 1.807) is 11.6 Å². The van der Waals surface area contributed by atoms with Gasteiger partial charge in [-0.05, 0) is 25.5 Å². The van der Waals surface area contributed by atoms with Crippen molar-refractivity contribution in [3.63, 3.8) is 0 Å². The van der Waals surface area contributed by atoms with E-state index in [4.69, 9.17) is 0 Å². The van der Waals surface area contributed by atoms with Crippen LogP contribution in [0.4, 0.5) is 8.78 Å². The highest BCUT2D eigenvalue weighted by atomic mass is 19.1. The van der Waals surface area contributed by atoms with E-state index in [2.05, 4.69) is 10.3 Å². The third-order valence-corrected chi connectivity index (χ3v) is 3.59. The van der Waals surface area contributed by atoms with Gasteiger partial charge in [0.25, 0.3) is 0 Å². The van der Waals surface area contributed by atoms with E-state index in [-0.39, 0.29) is 5.52 Å². The van der Waals surface area contributed by atoms with E-state index in [1.165, 1.54) is 6.07 Å². The summed E-state index contributed by atoms with van der Waals surface area (Å²) in [6.45, 7) is 1.03. The van der Waals surface area contributed by atoms with Crippen molar-refractivity contribution in [2.45, 2.75) is 25.3 Å². The molecular weight excluding hydrogens is 236 g/mol. The summed E-state index contributed by atoms with van der Waals surface area (Å²) in [7, 11) is 1.80. The number of rotatable bonds is 2. The Balaban J connectivity index is 2.02. The first kappa shape index (κ1) is 11.6. The Bertz CT molecular complexity index is 585. The highest BCUT2D eigenvalue weighted by Crippen LogP contribution is 2.21. The standard InChI is InChI=1S/C13H15F2N3/c1-18-11-6-8(14)5-10(15)13(11)17-12(18)7-9-3-2-4-16-9/h5-6,9,16H,2-4,7H2,1H3. The number of benzene rings is 1. The predicted octanol–water partition coefficient (Wildman–Crippen LogP) is 2.15. The summed E-state index contributed by atoms with van der Waals surface area (Å²) in [4.78, 5) is 4.30. The SMILES string of the molecule is Cn1c(CC2CCCN2)nc2c(F)cc(F)cc21. The molecule has 0 aliphatic carbocycles. The molecule has 0 amide bonds. The lowest BCUT2D eigenvalue weighted by Gasteiger charge is -2.09. The maximum atomic E-state index is 13.6.